The molecule has 0 atom stereocenters. The third-order valence-electron chi connectivity index (χ3n) is 2.58. The van der Waals surface area contributed by atoms with Crippen LogP contribution in [0.25, 0.3) is 0 Å². The Hall–Kier alpha value is -1.23. The quantitative estimate of drug-likeness (QED) is 0.758. The molecule has 1 amide bonds. The Kier molecular flexibility index (Phi) is 3.33. The molecule has 1 fully saturated rings. The first-order chi connectivity index (χ1) is 7.70. The van der Waals surface area contributed by atoms with E-state index in [1.165, 1.54) is 12.1 Å². The molecular weight excluding hydrogens is 227 g/mol. The lowest BCUT2D eigenvalue weighted by Gasteiger charge is -2.26. The summed E-state index contributed by atoms with van der Waals surface area (Å²) in [5, 5.41) is 0. The highest BCUT2D eigenvalue weighted by Crippen LogP contribution is 2.19. The Morgan fingerprint density at radius 2 is 2.06 bits per heavy atom. The van der Waals surface area contributed by atoms with Crippen molar-refractivity contribution >= 4 is 23.4 Å². The second kappa shape index (κ2) is 4.74. The van der Waals surface area contributed by atoms with Gasteiger partial charge in [-0.1, -0.05) is 6.07 Å². The lowest BCUT2D eigenvalue weighted by molar-refractivity contribution is 0.0773. The molecule has 0 aliphatic carbocycles. The normalized spacial score (nSPS) is 16.2. The number of nitrogens with zero attached hydrogens (tertiary/aromatic N) is 1. The number of benzene rings is 1. The molecule has 1 aromatic rings. The molecule has 1 aromatic carbocycles. The highest BCUT2D eigenvalue weighted by molar-refractivity contribution is 7.99. The van der Waals surface area contributed by atoms with Crippen molar-refractivity contribution in [1.82, 2.24) is 4.90 Å². The summed E-state index contributed by atoms with van der Waals surface area (Å²) < 4.78 is 13.2. The minimum atomic E-state index is -0.530. The topological polar surface area (TPSA) is 46.3 Å². The first-order valence-electron chi connectivity index (χ1n) is 5.11. The van der Waals surface area contributed by atoms with E-state index in [0.717, 1.165) is 11.5 Å². The minimum Gasteiger partial charge on any atom is -0.396 e. The number of hydrogen-bond donors (Lipinski definition) is 1. The maximum absolute atomic E-state index is 13.2. The van der Waals surface area contributed by atoms with Crippen LogP contribution < -0.4 is 5.73 Å². The molecule has 5 heteroatoms. The number of thioether (sulfide) groups is 1. The van der Waals surface area contributed by atoms with E-state index in [4.69, 9.17) is 5.73 Å². The van der Waals surface area contributed by atoms with Crippen LogP contribution in [0.1, 0.15) is 10.4 Å². The molecule has 1 aliphatic heterocycles. The first kappa shape index (κ1) is 11.3. The molecule has 86 valence electrons. The van der Waals surface area contributed by atoms with Gasteiger partial charge in [-0.2, -0.15) is 11.8 Å². The number of amides is 1. The molecule has 3 nitrogen and oxygen atoms in total. The van der Waals surface area contributed by atoms with Crippen molar-refractivity contribution in [3.8, 4) is 0 Å². The fourth-order valence-corrected chi connectivity index (χ4v) is 2.56. The Balaban J connectivity index is 2.22. The number of rotatable bonds is 1. The van der Waals surface area contributed by atoms with Crippen LogP contribution >= 0.6 is 11.8 Å². The Bertz CT molecular complexity index is 405. The maximum Gasteiger partial charge on any atom is 0.256 e. The van der Waals surface area contributed by atoms with E-state index < -0.39 is 5.82 Å². The molecular formula is C11H13FN2OS. The monoisotopic (exact) mass is 240 g/mol. The number of carbonyl (C=O) groups is 1. The highest BCUT2D eigenvalue weighted by atomic mass is 32.2. The summed E-state index contributed by atoms with van der Waals surface area (Å²) in [4.78, 5) is 13.8. The second-order valence-electron chi connectivity index (χ2n) is 3.61. The number of halogens is 1. The fraction of sp³-hybridized carbons (Fsp3) is 0.364. The van der Waals surface area contributed by atoms with Crippen molar-refractivity contribution in [2.75, 3.05) is 30.3 Å². The maximum atomic E-state index is 13.2. The van der Waals surface area contributed by atoms with Crippen LogP contribution in [-0.2, 0) is 0 Å². The third kappa shape index (κ3) is 2.14. The fourth-order valence-electron chi connectivity index (χ4n) is 1.66. The van der Waals surface area contributed by atoms with Crippen molar-refractivity contribution in [2.45, 2.75) is 0 Å². The molecule has 0 radical (unpaired) electrons. The molecule has 0 bridgehead atoms. The predicted octanol–water partition coefficient (Wildman–Crippen LogP) is 1.60. The summed E-state index contributed by atoms with van der Waals surface area (Å²) in [5.74, 6) is 1.16. The van der Waals surface area contributed by atoms with Crippen LogP contribution in [0.5, 0.6) is 0 Å². The van der Waals surface area contributed by atoms with Gasteiger partial charge in [0.2, 0.25) is 0 Å². The number of anilines is 1. The average molecular weight is 240 g/mol. The van der Waals surface area contributed by atoms with Crippen LogP contribution in [-0.4, -0.2) is 35.4 Å². The number of para-hydroxylation sites is 1. The smallest absolute Gasteiger partial charge is 0.256 e. The van der Waals surface area contributed by atoms with Crippen molar-refractivity contribution < 1.29 is 9.18 Å². The summed E-state index contributed by atoms with van der Waals surface area (Å²) in [6, 6.07) is 4.35. The van der Waals surface area contributed by atoms with Gasteiger partial charge in [0, 0.05) is 24.6 Å². The number of carbonyl (C=O) groups excluding carboxylic acids is 1. The van der Waals surface area contributed by atoms with E-state index in [1.807, 2.05) is 11.8 Å². The van der Waals surface area contributed by atoms with E-state index in [0.29, 0.717) is 13.1 Å². The molecule has 1 heterocycles. The van der Waals surface area contributed by atoms with Gasteiger partial charge in [-0.25, -0.2) is 4.39 Å². The second-order valence-corrected chi connectivity index (χ2v) is 4.83. The van der Waals surface area contributed by atoms with Crippen LogP contribution in [0.15, 0.2) is 18.2 Å². The average Bonchev–Trinajstić information content (AvgIpc) is 2.33. The lowest BCUT2D eigenvalue weighted by Crippen LogP contribution is -2.38. The minimum absolute atomic E-state index is 0.0503. The predicted molar refractivity (Wildman–Crippen MR) is 64.0 cm³/mol. The van der Waals surface area contributed by atoms with Gasteiger partial charge >= 0.3 is 0 Å². The molecule has 2 rings (SSSR count). The van der Waals surface area contributed by atoms with Gasteiger partial charge in [0.1, 0.15) is 5.82 Å². The summed E-state index contributed by atoms with van der Waals surface area (Å²) in [6.07, 6.45) is 0. The van der Waals surface area contributed by atoms with Gasteiger partial charge in [-0.3, -0.25) is 4.79 Å². The Morgan fingerprint density at radius 1 is 1.38 bits per heavy atom. The third-order valence-corrected chi connectivity index (χ3v) is 3.52. The van der Waals surface area contributed by atoms with E-state index >= 15 is 0 Å². The SMILES string of the molecule is Nc1c(F)cccc1C(=O)N1CCSCC1. The van der Waals surface area contributed by atoms with Gasteiger partial charge in [0.15, 0.2) is 0 Å². The molecule has 1 saturated heterocycles. The molecule has 16 heavy (non-hydrogen) atoms. The summed E-state index contributed by atoms with van der Waals surface area (Å²) in [7, 11) is 0. The van der Waals surface area contributed by atoms with Gasteiger partial charge in [-0.15, -0.1) is 0 Å². The molecule has 0 unspecified atom stereocenters. The largest absolute Gasteiger partial charge is 0.396 e. The van der Waals surface area contributed by atoms with Crippen molar-refractivity contribution in [2.24, 2.45) is 0 Å². The van der Waals surface area contributed by atoms with E-state index in [1.54, 1.807) is 11.0 Å². The van der Waals surface area contributed by atoms with Gasteiger partial charge in [-0.05, 0) is 12.1 Å². The number of nitrogens with two attached hydrogens (primary N) is 1. The van der Waals surface area contributed by atoms with E-state index in [9.17, 15) is 9.18 Å². The van der Waals surface area contributed by atoms with Gasteiger partial charge < -0.3 is 10.6 Å². The zero-order valence-electron chi connectivity index (χ0n) is 8.78. The van der Waals surface area contributed by atoms with Crippen LogP contribution in [0.2, 0.25) is 0 Å². The number of hydrogen-bond acceptors (Lipinski definition) is 3. The van der Waals surface area contributed by atoms with E-state index in [2.05, 4.69) is 0 Å². The summed E-state index contributed by atoms with van der Waals surface area (Å²) in [5.41, 5.74) is 5.78. The van der Waals surface area contributed by atoms with Gasteiger partial charge in [0.25, 0.3) is 5.91 Å². The highest BCUT2D eigenvalue weighted by Gasteiger charge is 2.21. The van der Waals surface area contributed by atoms with Crippen LogP contribution in [0, 0.1) is 5.82 Å². The van der Waals surface area contributed by atoms with Crippen LogP contribution in [0.4, 0.5) is 10.1 Å². The number of nitrogen functional groups attached to an aromatic ring is 1. The van der Waals surface area contributed by atoms with Crippen molar-refractivity contribution in [3.63, 3.8) is 0 Å². The molecule has 0 spiro atoms. The van der Waals surface area contributed by atoms with Crippen molar-refractivity contribution in [1.29, 1.82) is 0 Å². The summed E-state index contributed by atoms with van der Waals surface area (Å²) >= 11 is 1.82. The summed E-state index contributed by atoms with van der Waals surface area (Å²) in [6.45, 7) is 1.42. The molecule has 1 aliphatic rings. The van der Waals surface area contributed by atoms with Gasteiger partial charge in [0.05, 0.1) is 11.3 Å². The zero-order valence-corrected chi connectivity index (χ0v) is 9.60. The van der Waals surface area contributed by atoms with Crippen molar-refractivity contribution in [3.05, 3.63) is 29.6 Å². The molecule has 0 aromatic heterocycles. The standard InChI is InChI=1S/C11H13FN2OS/c12-9-3-1-2-8(10(9)13)11(15)14-4-6-16-7-5-14/h1-3H,4-7,13H2. The lowest BCUT2D eigenvalue weighted by atomic mass is 10.1. The molecule has 2 N–H and O–H groups in total. The Morgan fingerprint density at radius 3 is 2.75 bits per heavy atom. The van der Waals surface area contributed by atoms with E-state index in [-0.39, 0.29) is 17.2 Å². The Labute approximate surface area is 97.8 Å². The molecule has 0 saturated carbocycles. The van der Waals surface area contributed by atoms with Crippen LogP contribution in [0.3, 0.4) is 0 Å². The zero-order chi connectivity index (χ0) is 11.5. The first-order valence-corrected chi connectivity index (χ1v) is 6.26.